The highest BCUT2D eigenvalue weighted by Gasteiger charge is 2.36. The van der Waals surface area contributed by atoms with E-state index >= 15 is 0 Å². The molecule has 140 valence electrons. The van der Waals surface area contributed by atoms with Gasteiger partial charge < -0.3 is 52.8 Å². The van der Waals surface area contributed by atoms with Gasteiger partial charge >= 0.3 is 0 Å². The van der Waals surface area contributed by atoms with Crippen LogP contribution in [0.4, 0.5) is 0 Å². The minimum absolute atomic E-state index is 0. The van der Waals surface area contributed by atoms with Crippen LogP contribution in [-0.4, -0.2) is 105 Å². The van der Waals surface area contributed by atoms with E-state index < -0.39 is 43.1 Å². The lowest BCUT2D eigenvalue weighted by Crippen LogP contribution is -3.00. The molecular formula is C13H29ClN2O7. The molecule has 1 unspecified atom stereocenters. The molecule has 0 aliphatic carbocycles. The minimum atomic E-state index is -1.96. The van der Waals surface area contributed by atoms with Crippen LogP contribution in [0, 0.1) is 0 Å². The third-order valence-electron chi connectivity index (χ3n) is 3.74. The second-order valence-electron chi connectivity index (χ2n) is 5.83. The molecule has 0 rings (SSSR count). The number of carbonyl (C=O) groups is 1. The van der Waals surface area contributed by atoms with Crippen molar-refractivity contribution in [1.29, 1.82) is 0 Å². The molecule has 0 spiro atoms. The van der Waals surface area contributed by atoms with Crippen LogP contribution >= 0.6 is 0 Å². The van der Waals surface area contributed by atoms with E-state index in [1.807, 2.05) is 6.92 Å². The summed E-state index contributed by atoms with van der Waals surface area (Å²) < 4.78 is 0.267. The number of carbonyl (C=O) groups excluding carboxylic acids is 1. The summed E-state index contributed by atoms with van der Waals surface area (Å²) in [4.78, 5) is 12.0. The lowest BCUT2D eigenvalue weighted by molar-refractivity contribution is -0.917. The van der Waals surface area contributed by atoms with Crippen LogP contribution in [0.1, 0.15) is 13.3 Å². The zero-order valence-electron chi connectivity index (χ0n) is 13.6. The van der Waals surface area contributed by atoms with Gasteiger partial charge in [0.25, 0.3) is 5.91 Å². The van der Waals surface area contributed by atoms with Gasteiger partial charge in [0.15, 0.2) is 12.3 Å². The van der Waals surface area contributed by atoms with Gasteiger partial charge in [-0.15, -0.1) is 0 Å². The summed E-state index contributed by atoms with van der Waals surface area (Å²) in [6, 6.07) is 0. The Morgan fingerprint density at radius 1 is 1.09 bits per heavy atom. The van der Waals surface area contributed by atoms with E-state index in [-0.39, 0.29) is 23.5 Å². The van der Waals surface area contributed by atoms with Gasteiger partial charge in [-0.25, -0.2) is 0 Å². The van der Waals surface area contributed by atoms with Gasteiger partial charge in [-0.2, -0.15) is 0 Å². The molecular weight excluding hydrogens is 332 g/mol. The number of aliphatic hydroxyl groups excluding tert-OH is 6. The molecule has 5 atom stereocenters. The largest absolute Gasteiger partial charge is 1.00 e. The number of likely N-dealkylation sites (N-methyl/N-ethyl adjacent to an activating group) is 1. The van der Waals surface area contributed by atoms with Crippen LogP contribution in [0.2, 0.25) is 0 Å². The molecule has 23 heavy (non-hydrogen) atoms. The molecule has 0 fully saturated rings. The first kappa shape index (κ1) is 24.7. The van der Waals surface area contributed by atoms with Crippen molar-refractivity contribution in [2.45, 2.75) is 43.9 Å². The van der Waals surface area contributed by atoms with Gasteiger partial charge in [-0.05, 0) is 0 Å². The summed E-state index contributed by atoms with van der Waals surface area (Å²) >= 11 is 0. The molecule has 0 aliphatic heterocycles. The van der Waals surface area contributed by atoms with Gasteiger partial charge in [0.1, 0.15) is 24.9 Å². The Morgan fingerprint density at radius 2 is 1.61 bits per heavy atom. The number of nitrogens with one attached hydrogen (secondary N) is 1. The number of aliphatic hydroxyl groups is 6. The smallest absolute Gasteiger partial charge is 0.256 e. The van der Waals surface area contributed by atoms with E-state index in [2.05, 4.69) is 5.32 Å². The number of nitrogens with zero attached hydrogens (tertiary/aromatic N) is 1. The van der Waals surface area contributed by atoms with E-state index in [0.29, 0.717) is 13.0 Å². The van der Waals surface area contributed by atoms with Crippen LogP contribution in [0.15, 0.2) is 0 Å². The topological polar surface area (TPSA) is 150 Å². The first-order chi connectivity index (χ1) is 10.1. The molecule has 0 bridgehead atoms. The first-order valence-electron chi connectivity index (χ1n) is 7.19. The molecule has 1 amide bonds. The predicted octanol–water partition coefficient (Wildman–Crippen LogP) is -6.65. The van der Waals surface area contributed by atoms with Crippen molar-refractivity contribution < 1.29 is 52.3 Å². The summed E-state index contributed by atoms with van der Waals surface area (Å²) in [6.07, 6.45) is -7.32. The highest BCUT2D eigenvalue weighted by molar-refractivity contribution is 5.81. The van der Waals surface area contributed by atoms with E-state index in [9.17, 15) is 25.2 Å². The Hall–Kier alpha value is -0.520. The highest BCUT2D eigenvalue weighted by Crippen LogP contribution is 2.10. The molecule has 0 heterocycles. The summed E-state index contributed by atoms with van der Waals surface area (Å²) in [7, 11) is 3.58. The predicted molar refractivity (Wildman–Crippen MR) is 77.4 cm³/mol. The van der Waals surface area contributed by atoms with Crippen molar-refractivity contribution in [2.24, 2.45) is 0 Å². The fourth-order valence-electron chi connectivity index (χ4n) is 2.11. The van der Waals surface area contributed by atoms with E-state index in [0.717, 1.165) is 0 Å². The van der Waals surface area contributed by atoms with E-state index in [4.69, 9.17) is 10.2 Å². The Balaban J connectivity index is 0. The molecule has 0 radical (unpaired) electrons. The Morgan fingerprint density at radius 3 is 2.00 bits per heavy atom. The molecule has 9 nitrogen and oxygen atoms in total. The van der Waals surface area contributed by atoms with Gasteiger partial charge in [0.05, 0.1) is 27.3 Å². The Kier molecular flexibility index (Phi) is 11.9. The first-order valence-corrected chi connectivity index (χ1v) is 7.19. The number of hydrogen-bond donors (Lipinski definition) is 7. The number of quaternary nitrogens is 1. The maximum Gasteiger partial charge on any atom is 0.256 e. The molecule has 0 aromatic heterocycles. The molecule has 0 aliphatic rings. The highest BCUT2D eigenvalue weighted by atomic mass is 35.5. The molecule has 10 heteroatoms. The zero-order valence-corrected chi connectivity index (χ0v) is 14.4. The summed E-state index contributed by atoms with van der Waals surface area (Å²) in [6.45, 7) is 1.30. The molecule has 7 N–H and O–H groups in total. The fourth-order valence-corrected chi connectivity index (χ4v) is 2.11. The average molecular weight is 361 g/mol. The standard InChI is InChI=1S/C13H28N2O7.ClH/c1-4-9(15(2,3)5-6-16)14-13(22)12(21)11(20)10(19)8(18)7-17;/h8-12,16-21H,4-7H2,1-3H3;1H/t8-,9?,10-,11+,12-;/m1./s1. The van der Waals surface area contributed by atoms with Gasteiger partial charge in [-0.3, -0.25) is 4.79 Å². The molecule has 0 saturated heterocycles. The van der Waals surface area contributed by atoms with Crippen LogP contribution in [0.25, 0.3) is 0 Å². The summed E-state index contributed by atoms with van der Waals surface area (Å²) in [5, 5.41) is 58.4. The minimum Gasteiger partial charge on any atom is -1.00 e. The van der Waals surface area contributed by atoms with Crippen molar-refractivity contribution in [3.8, 4) is 0 Å². The SMILES string of the molecule is CCC(NC(=O)[C@H](O)[C@@H](O)[C@H](O)[C@H](O)CO)[N+](C)(C)CCO.[Cl-]. The molecule has 0 aromatic carbocycles. The zero-order chi connectivity index (χ0) is 17.5. The molecule has 0 saturated carbocycles. The number of hydrogen-bond acceptors (Lipinski definition) is 7. The fraction of sp³-hybridized carbons (Fsp3) is 0.923. The monoisotopic (exact) mass is 360 g/mol. The van der Waals surface area contributed by atoms with Crippen LogP contribution in [-0.2, 0) is 4.79 Å². The van der Waals surface area contributed by atoms with Gasteiger partial charge in [0, 0.05) is 6.42 Å². The maximum absolute atomic E-state index is 12.0. The van der Waals surface area contributed by atoms with Crippen molar-refractivity contribution in [3.63, 3.8) is 0 Å². The van der Waals surface area contributed by atoms with E-state index in [1.54, 1.807) is 14.1 Å². The van der Waals surface area contributed by atoms with Crippen LogP contribution in [0.3, 0.4) is 0 Å². The summed E-state index contributed by atoms with van der Waals surface area (Å²) in [5.74, 6) is -0.910. The molecule has 0 aromatic rings. The lowest BCUT2D eigenvalue weighted by Gasteiger charge is -2.38. The van der Waals surface area contributed by atoms with Crippen molar-refractivity contribution >= 4 is 5.91 Å². The van der Waals surface area contributed by atoms with Crippen molar-refractivity contribution in [3.05, 3.63) is 0 Å². The van der Waals surface area contributed by atoms with Gasteiger partial charge in [-0.1, -0.05) is 6.92 Å². The summed E-state index contributed by atoms with van der Waals surface area (Å²) in [5.41, 5.74) is 0. The van der Waals surface area contributed by atoms with Crippen molar-refractivity contribution in [1.82, 2.24) is 5.32 Å². The maximum atomic E-state index is 12.0. The van der Waals surface area contributed by atoms with Crippen molar-refractivity contribution in [2.75, 3.05) is 33.9 Å². The lowest BCUT2D eigenvalue weighted by atomic mass is 10.0. The second-order valence-corrected chi connectivity index (χ2v) is 5.83. The van der Waals surface area contributed by atoms with E-state index in [1.165, 1.54) is 0 Å². The number of halogens is 1. The second kappa shape index (κ2) is 11.1. The Labute approximate surface area is 142 Å². The quantitative estimate of drug-likeness (QED) is 0.151. The number of amides is 1. The van der Waals surface area contributed by atoms with Crippen LogP contribution < -0.4 is 17.7 Å². The average Bonchev–Trinajstić information content (AvgIpc) is 2.48. The third-order valence-corrected chi connectivity index (χ3v) is 3.74. The normalized spacial score (nSPS) is 18.3. The number of rotatable bonds is 10. The van der Waals surface area contributed by atoms with Crippen LogP contribution in [0.5, 0.6) is 0 Å². The van der Waals surface area contributed by atoms with Gasteiger partial charge in [0.2, 0.25) is 0 Å². The third kappa shape index (κ3) is 7.27. The Bertz CT molecular complexity index is 346.